The van der Waals surface area contributed by atoms with Gasteiger partial charge >= 0.3 is 12.1 Å². The van der Waals surface area contributed by atoms with E-state index in [2.05, 4.69) is 10.3 Å². The number of carbonyl (C=O) groups is 2. The molecular formula is C21H19ClN4O4. The van der Waals surface area contributed by atoms with Crippen molar-refractivity contribution in [1.29, 1.82) is 0 Å². The summed E-state index contributed by atoms with van der Waals surface area (Å²) in [6.45, 7) is 1.10. The first-order chi connectivity index (χ1) is 14.5. The first-order valence-corrected chi connectivity index (χ1v) is 9.63. The van der Waals surface area contributed by atoms with Gasteiger partial charge in [-0.1, -0.05) is 29.8 Å². The molecule has 0 spiro atoms. The van der Waals surface area contributed by atoms with Gasteiger partial charge in [0.1, 0.15) is 17.7 Å². The van der Waals surface area contributed by atoms with E-state index in [-0.39, 0.29) is 17.6 Å². The number of aliphatic imine (C=N–C) groups is 1. The SMILES string of the molecule is COc1cccc(CN2CCN3C(C(=O)Nc4cccc(Cl)c4)=COC3=NC2=O)c1. The lowest BCUT2D eigenvalue weighted by Gasteiger charge is -2.21. The molecule has 2 aromatic carbocycles. The third-order valence-corrected chi connectivity index (χ3v) is 4.91. The van der Waals surface area contributed by atoms with Crippen LogP contribution in [-0.4, -0.2) is 48.0 Å². The van der Waals surface area contributed by atoms with Crippen LogP contribution in [0.3, 0.4) is 0 Å². The molecule has 8 nitrogen and oxygen atoms in total. The number of amidine groups is 1. The van der Waals surface area contributed by atoms with Crippen molar-refractivity contribution in [2.75, 3.05) is 25.5 Å². The van der Waals surface area contributed by atoms with Crippen molar-refractivity contribution in [3.63, 3.8) is 0 Å². The zero-order chi connectivity index (χ0) is 21.1. The van der Waals surface area contributed by atoms with Gasteiger partial charge in [0, 0.05) is 30.3 Å². The third-order valence-electron chi connectivity index (χ3n) is 4.68. The summed E-state index contributed by atoms with van der Waals surface area (Å²) in [4.78, 5) is 32.5. The number of rotatable bonds is 5. The predicted octanol–water partition coefficient (Wildman–Crippen LogP) is 3.45. The van der Waals surface area contributed by atoms with Crippen LogP contribution in [0.2, 0.25) is 5.02 Å². The van der Waals surface area contributed by atoms with Crippen LogP contribution in [0.4, 0.5) is 10.5 Å². The van der Waals surface area contributed by atoms with Gasteiger partial charge in [0.15, 0.2) is 0 Å². The maximum absolute atomic E-state index is 12.7. The standard InChI is InChI=1S/C21H19ClN4O4/c1-29-17-7-2-4-14(10-17)12-25-8-9-26-18(13-30-21(26)24-20(25)28)19(27)23-16-6-3-5-15(22)11-16/h2-7,10-11,13H,8-9,12H2,1H3,(H,23,27). The minimum absolute atomic E-state index is 0.0874. The number of carbonyl (C=O) groups excluding carboxylic acids is 2. The highest BCUT2D eigenvalue weighted by molar-refractivity contribution is 6.31. The number of halogens is 1. The monoisotopic (exact) mass is 426 g/mol. The zero-order valence-corrected chi connectivity index (χ0v) is 16.9. The van der Waals surface area contributed by atoms with Crippen LogP contribution in [0.15, 0.2) is 65.5 Å². The Balaban J connectivity index is 1.45. The van der Waals surface area contributed by atoms with E-state index in [0.29, 0.717) is 36.1 Å². The van der Waals surface area contributed by atoms with Crippen molar-refractivity contribution < 1.29 is 19.1 Å². The molecule has 2 aromatic rings. The number of hydrogen-bond acceptors (Lipinski definition) is 5. The lowest BCUT2D eigenvalue weighted by molar-refractivity contribution is -0.113. The molecule has 30 heavy (non-hydrogen) atoms. The number of urea groups is 1. The smallest absolute Gasteiger partial charge is 0.348 e. The Kier molecular flexibility index (Phi) is 5.58. The maximum Gasteiger partial charge on any atom is 0.348 e. The molecule has 2 aliphatic rings. The van der Waals surface area contributed by atoms with E-state index in [0.717, 1.165) is 5.56 Å². The van der Waals surface area contributed by atoms with Gasteiger partial charge in [-0.15, -0.1) is 4.99 Å². The lowest BCUT2D eigenvalue weighted by Crippen LogP contribution is -2.36. The molecule has 0 atom stereocenters. The topological polar surface area (TPSA) is 83.5 Å². The second-order valence-electron chi connectivity index (χ2n) is 6.69. The van der Waals surface area contributed by atoms with Gasteiger partial charge in [-0.05, 0) is 35.9 Å². The molecule has 0 saturated heterocycles. The summed E-state index contributed by atoms with van der Waals surface area (Å²) in [7, 11) is 1.59. The molecule has 0 unspecified atom stereocenters. The number of ether oxygens (including phenoxy) is 2. The van der Waals surface area contributed by atoms with Gasteiger partial charge in [0.25, 0.3) is 5.91 Å². The summed E-state index contributed by atoms with van der Waals surface area (Å²) in [6.07, 6.45) is 1.30. The normalized spacial score (nSPS) is 15.6. The summed E-state index contributed by atoms with van der Waals surface area (Å²) in [6, 6.07) is 14.0. The van der Waals surface area contributed by atoms with Crippen LogP contribution in [0.5, 0.6) is 5.75 Å². The molecule has 2 heterocycles. The van der Waals surface area contributed by atoms with Crippen LogP contribution in [0.1, 0.15) is 5.56 Å². The van der Waals surface area contributed by atoms with Crippen molar-refractivity contribution in [1.82, 2.24) is 9.80 Å². The average molecular weight is 427 g/mol. The average Bonchev–Trinajstić information content (AvgIpc) is 3.06. The van der Waals surface area contributed by atoms with Crippen LogP contribution in [0, 0.1) is 0 Å². The summed E-state index contributed by atoms with van der Waals surface area (Å²) in [5.41, 5.74) is 1.74. The number of hydrogen-bond donors (Lipinski definition) is 1. The van der Waals surface area contributed by atoms with Crippen molar-refractivity contribution in [3.8, 4) is 5.75 Å². The fraction of sp³-hybridized carbons (Fsp3) is 0.190. The Morgan fingerprint density at radius 3 is 2.87 bits per heavy atom. The van der Waals surface area contributed by atoms with Crippen molar-refractivity contribution in [3.05, 3.63) is 71.1 Å². The fourth-order valence-corrected chi connectivity index (χ4v) is 3.38. The molecule has 0 saturated carbocycles. The number of benzene rings is 2. The third kappa shape index (κ3) is 4.23. The molecule has 0 bridgehead atoms. The van der Waals surface area contributed by atoms with Crippen molar-refractivity contribution in [2.24, 2.45) is 4.99 Å². The molecule has 154 valence electrons. The number of fused-ring (bicyclic) bond motifs is 1. The largest absolute Gasteiger partial charge is 0.497 e. The molecule has 0 aliphatic carbocycles. The predicted molar refractivity (Wildman–Crippen MR) is 112 cm³/mol. The van der Waals surface area contributed by atoms with Crippen LogP contribution in [-0.2, 0) is 16.1 Å². The van der Waals surface area contributed by atoms with Gasteiger partial charge < -0.3 is 19.7 Å². The summed E-state index contributed by atoms with van der Waals surface area (Å²) in [5, 5.41) is 3.29. The molecule has 4 rings (SSSR count). The quantitative estimate of drug-likeness (QED) is 0.791. The molecule has 0 radical (unpaired) electrons. The molecule has 0 fully saturated rings. The van der Waals surface area contributed by atoms with E-state index >= 15 is 0 Å². The molecule has 1 N–H and O–H groups in total. The first kappa shape index (κ1) is 19.8. The van der Waals surface area contributed by atoms with Gasteiger partial charge in [-0.3, -0.25) is 9.69 Å². The highest BCUT2D eigenvalue weighted by Gasteiger charge is 2.33. The Bertz CT molecular complexity index is 1050. The van der Waals surface area contributed by atoms with Gasteiger partial charge in [0.05, 0.1) is 7.11 Å². The van der Waals surface area contributed by atoms with Gasteiger partial charge in [0.2, 0.25) is 0 Å². The Labute approximate surface area is 178 Å². The van der Waals surface area contributed by atoms with E-state index < -0.39 is 6.03 Å². The Hall–Kier alpha value is -3.52. The summed E-state index contributed by atoms with van der Waals surface area (Å²) >= 11 is 5.97. The van der Waals surface area contributed by atoms with Crippen molar-refractivity contribution in [2.45, 2.75) is 6.54 Å². The number of amides is 3. The Morgan fingerprint density at radius 1 is 1.23 bits per heavy atom. The minimum Gasteiger partial charge on any atom is -0.497 e. The van der Waals surface area contributed by atoms with E-state index in [9.17, 15) is 9.59 Å². The van der Waals surface area contributed by atoms with Gasteiger partial charge in [-0.2, -0.15) is 0 Å². The summed E-state index contributed by atoms with van der Waals surface area (Å²) < 4.78 is 10.6. The highest BCUT2D eigenvalue weighted by atomic mass is 35.5. The number of anilines is 1. The molecule has 3 amide bonds. The molecule has 0 aromatic heterocycles. The minimum atomic E-state index is -0.430. The van der Waals surface area contributed by atoms with Crippen LogP contribution < -0.4 is 10.1 Å². The lowest BCUT2D eigenvalue weighted by atomic mass is 10.2. The van der Waals surface area contributed by atoms with Crippen LogP contribution >= 0.6 is 11.6 Å². The van der Waals surface area contributed by atoms with Crippen molar-refractivity contribution >= 4 is 35.2 Å². The first-order valence-electron chi connectivity index (χ1n) is 9.25. The fourth-order valence-electron chi connectivity index (χ4n) is 3.19. The number of nitrogens with zero attached hydrogens (tertiary/aromatic N) is 3. The van der Waals surface area contributed by atoms with E-state index in [1.54, 1.807) is 41.2 Å². The second-order valence-corrected chi connectivity index (χ2v) is 7.12. The van der Waals surface area contributed by atoms with Crippen LogP contribution in [0.25, 0.3) is 0 Å². The van der Waals surface area contributed by atoms with E-state index in [1.165, 1.54) is 6.26 Å². The molecule has 9 heteroatoms. The molecular weight excluding hydrogens is 408 g/mol. The van der Waals surface area contributed by atoms with E-state index in [4.69, 9.17) is 21.1 Å². The zero-order valence-electron chi connectivity index (χ0n) is 16.2. The van der Waals surface area contributed by atoms with E-state index in [1.807, 2.05) is 24.3 Å². The van der Waals surface area contributed by atoms with Gasteiger partial charge in [-0.25, -0.2) is 4.79 Å². The summed E-state index contributed by atoms with van der Waals surface area (Å²) in [5.74, 6) is 0.337. The maximum atomic E-state index is 12.7. The second kappa shape index (κ2) is 8.46. The Morgan fingerprint density at radius 2 is 2.07 bits per heavy atom. The highest BCUT2D eigenvalue weighted by Crippen LogP contribution is 2.23. The number of methoxy groups -OCH3 is 1. The number of nitrogens with one attached hydrogen (secondary N) is 1. The molecule has 2 aliphatic heterocycles.